The molecule has 1 aliphatic heterocycles. The fourth-order valence-corrected chi connectivity index (χ4v) is 3.01. The van der Waals surface area contributed by atoms with Crippen LogP contribution in [-0.2, 0) is 11.3 Å². The highest BCUT2D eigenvalue weighted by Gasteiger charge is 2.24. The molecule has 1 amide bonds. The first-order chi connectivity index (χ1) is 12.4. The Labute approximate surface area is 178 Å². The molecule has 0 unspecified atom stereocenters. The van der Waals surface area contributed by atoms with E-state index in [4.69, 9.17) is 4.74 Å². The number of carbonyl (C=O) groups excluding carboxylic acids is 1. The Morgan fingerprint density at radius 3 is 2.59 bits per heavy atom. The van der Waals surface area contributed by atoms with E-state index in [0.717, 1.165) is 31.5 Å². The van der Waals surface area contributed by atoms with Crippen LogP contribution in [0.2, 0.25) is 0 Å². The number of nitrogens with one attached hydrogen (secondary N) is 2. The van der Waals surface area contributed by atoms with Gasteiger partial charge in [-0.15, -0.1) is 24.0 Å². The number of nitrogens with zero attached hydrogens (tertiary/aromatic N) is 2. The highest BCUT2D eigenvalue weighted by molar-refractivity contribution is 14.0. The molecule has 1 aromatic carbocycles. The molecular formula is C19H31IN4O3. The molecule has 1 aromatic rings. The maximum atomic E-state index is 12.1. The van der Waals surface area contributed by atoms with Gasteiger partial charge in [0.15, 0.2) is 5.96 Å². The number of amides is 1. The molecule has 0 bridgehead atoms. The zero-order valence-corrected chi connectivity index (χ0v) is 18.8. The largest absolute Gasteiger partial charge is 0.508 e. The number of methoxy groups -OCH3 is 1. The van der Waals surface area contributed by atoms with Crippen LogP contribution in [0.1, 0.15) is 32.3 Å². The number of halogens is 1. The summed E-state index contributed by atoms with van der Waals surface area (Å²) in [7, 11) is 3.32. The van der Waals surface area contributed by atoms with Crippen LogP contribution in [-0.4, -0.2) is 55.2 Å². The van der Waals surface area contributed by atoms with Crippen molar-refractivity contribution in [2.75, 3.05) is 27.2 Å². The topological polar surface area (TPSA) is 86.2 Å². The average Bonchev–Trinajstić information content (AvgIpc) is 2.66. The summed E-state index contributed by atoms with van der Waals surface area (Å²) in [6.45, 7) is 5.84. The number of guanidine groups is 1. The summed E-state index contributed by atoms with van der Waals surface area (Å²) in [6.07, 6.45) is 1.78. The van der Waals surface area contributed by atoms with E-state index in [0.29, 0.717) is 18.3 Å². The molecule has 1 fully saturated rings. The number of carbonyl (C=O) groups is 1. The number of aromatic hydroxyl groups is 1. The van der Waals surface area contributed by atoms with E-state index >= 15 is 0 Å². The van der Waals surface area contributed by atoms with Crippen molar-refractivity contribution in [3.63, 3.8) is 0 Å². The Balaban J connectivity index is 0.00000364. The summed E-state index contributed by atoms with van der Waals surface area (Å²) >= 11 is 0. The SMILES string of the molecule is CN=C(NCc1cc(OC)ccc1O)NC1CCN(C(=O)C(C)C)CC1.I. The summed E-state index contributed by atoms with van der Waals surface area (Å²) in [4.78, 5) is 18.3. The molecule has 1 aliphatic rings. The van der Waals surface area contributed by atoms with Gasteiger partial charge in [0.05, 0.1) is 7.11 Å². The zero-order valence-electron chi connectivity index (χ0n) is 16.5. The van der Waals surface area contributed by atoms with E-state index in [2.05, 4.69) is 15.6 Å². The number of rotatable bonds is 5. The van der Waals surface area contributed by atoms with E-state index in [9.17, 15) is 9.90 Å². The van der Waals surface area contributed by atoms with Crippen LogP contribution in [0, 0.1) is 5.92 Å². The standard InChI is InChI=1S/C19H30N4O3.HI/c1-13(2)18(25)23-9-7-15(8-10-23)22-19(20-3)21-12-14-11-16(26-4)5-6-17(14)24;/h5-6,11,13,15,24H,7-10,12H2,1-4H3,(H2,20,21,22);1H. The molecule has 0 saturated carbocycles. The van der Waals surface area contributed by atoms with Crippen LogP contribution in [0.3, 0.4) is 0 Å². The van der Waals surface area contributed by atoms with E-state index in [1.807, 2.05) is 18.7 Å². The second-order valence-corrected chi connectivity index (χ2v) is 6.82. The predicted octanol–water partition coefficient (Wildman–Crippen LogP) is 2.33. The Morgan fingerprint density at radius 2 is 2.04 bits per heavy atom. The molecular weight excluding hydrogens is 459 g/mol. The van der Waals surface area contributed by atoms with E-state index in [1.165, 1.54) is 0 Å². The lowest BCUT2D eigenvalue weighted by atomic mass is 10.0. The second-order valence-electron chi connectivity index (χ2n) is 6.82. The normalized spacial score (nSPS) is 15.3. The Bertz CT molecular complexity index is 644. The highest BCUT2D eigenvalue weighted by Crippen LogP contribution is 2.22. The first-order valence-corrected chi connectivity index (χ1v) is 9.06. The Kier molecular flexibility index (Phi) is 9.68. The van der Waals surface area contributed by atoms with Crippen molar-refractivity contribution in [2.45, 2.75) is 39.3 Å². The van der Waals surface area contributed by atoms with Crippen LogP contribution in [0.15, 0.2) is 23.2 Å². The molecule has 152 valence electrons. The molecule has 7 nitrogen and oxygen atoms in total. The smallest absolute Gasteiger partial charge is 0.225 e. The Morgan fingerprint density at radius 1 is 1.37 bits per heavy atom. The predicted molar refractivity (Wildman–Crippen MR) is 118 cm³/mol. The monoisotopic (exact) mass is 490 g/mol. The third-order valence-electron chi connectivity index (χ3n) is 4.60. The van der Waals surface area contributed by atoms with Crippen LogP contribution in [0.25, 0.3) is 0 Å². The first kappa shape index (κ1) is 23.3. The Hall–Kier alpha value is -1.71. The van der Waals surface area contributed by atoms with Crippen molar-refractivity contribution in [1.29, 1.82) is 0 Å². The van der Waals surface area contributed by atoms with E-state index in [-0.39, 0.29) is 47.6 Å². The first-order valence-electron chi connectivity index (χ1n) is 9.06. The number of likely N-dealkylation sites (tertiary alicyclic amines) is 1. The minimum atomic E-state index is 0. The van der Waals surface area contributed by atoms with Gasteiger partial charge in [0.1, 0.15) is 11.5 Å². The lowest BCUT2D eigenvalue weighted by Gasteiger charge is -2.34. The summed E-state index contributed by atoms with van der Waals surface area (Å²) in [5.74, 6) is 1.86. The molecule has 0 aromatic heterocycles. The van der Waals surface area contributed by atoms with Crippen LogP contribution < -0.4 is 15.4 Å². The fourth-order valence-electron chi connectivity index (χ4n) is 3.01. The van der Waals surface area contributed by atoms with Gasteiger partial charge in [0, 0.05) is 44.2 Å². The quantitative estimate of drug-likeness (QED) is 0.335. The number of ether oxygens (including phenoxy) is 1. The average molecular weight is 490 g/mol. The van der Waals surface area contributed by atoms with Gasteiger partial charge in [-0.1, -0.05) is 13.8 Å². The molecule has 8 heteroatoms. The van der Waals surface area contributed by atoms with Gasteiger partial charge in [0.2, 0.25) is 5.91 Å². The number of piperidine rings is 1. The highest BCUT2D eigenvalue weighted by atomic mass is 127. The van der Waals surface area contributed by atoms with Crippen molar-refractivity contribution < 1.29 is 14.6 Å². The van der Waals surface area contributed by atoms with E-state index < -0.39 is 0 Å². The van der Waals surface area contributed by atoms with Crippen LogP contribution in [0.4, 0.5) is 0 Å². The lowest BCUT2D eigenvalue weighted by Crippen LogP contribution is -2.50. The van der Waals surface area contributed by atoms with Gasteiger partial charge in [-0.25, -0.2) is 0 Å². The maximum Gasteiger partial charge on any atom is 0.225 e. The van der Waals surface area contributed by atoms with Gasteiger partial charge in [-0.2, -0.15) is 0 Å². The fraction of sp³-hybridized carbons (Fsp3) is 0.579. The molecule has 1 heterocycles. The van der Waals surface area contributed by atoms with Crippen LogP contribution in [0.5, 0.6) is 11.5 Å². The number of hydrogen-bond acceptors (Lipinski definition) is 4. The number of aliphatic imine (C=N–C) groups is 1. The molecule has 0 radical (unpaired) electrons. The van der Waals surface area contributed by atoms with Gasteiger partial charge < -0.3 is 25.4 Å². The van der Waals surface area contributed by atoms with Crippen LogP contribution >= 0.6 is 24.0 Å². The van der Waals surface area contributed by atoms with Crippen molar-refractivity contribution in [1.82, 2.24) is 15.5 Å². The number of benzene rings is 1. The maximum absolute atomic E-state index is 12.1. The van der Waals surface area contributed by atoms with Gasteiger partial charge in [0.25, 0.3) is 0 Å². The van der Waals surface area contributed by atoms with Gasteiger partial charge in [-0.3, -0.25) is 9.79 Å². The summed E-state index contributed by atoms with van der Waals surface area (Å²) in [5, 5.41) is 16.6. The molecule has 0 spiro atoms. The van der Waals surface area contributed by atoms with Crippen molar-refractivity contribution in [2.24, 2.45) is 10.9 Å². The van der Waals surface area contributed by atoms with Gasteiger partial charge in [-0.05, 0) is 31.0 Å². The second kappa shape index (κ2) is 11.2. The van der Waals surface area contributed by atoms with Crippen molar-refractivity contribution in [3.8, 4) is 11.5 Å². The van der Waals surface area contributed by atoms with Crippen molar-refractivity contribution >= 4 is 35.8 Å². The summed E-state index contributed by atoms with van der Waals surface area (Å²) < 4.78 is 5.19. The molecule has 0 atom stereocenters. The zero-order chi connectivity index (χ0) is 19.1. The molecule has 2 rings (SSSR count). The third kappa shape index (κ3) is 6.75. The van der Waals surface area contributed by atoms with Gasteiger partial charge >= 0.3 is 0 Å². The minimum absolute atomic E-state index is 0. The summed E-state index contributed by atoms with van der Waals surface area (Å²) in [6, 6.07) is 5.41. The number of hydrogen-bond donors (Lipinski definition) is 3. The third-order valence-corrected chi connectivity index (χ3v) is 4.60. The molecule has 1 saturated heterocycles. The number of phenolic OH excluding ortho intramolecular Hbond substituents is 1. The molecule has 3 N–H and O–H groups in total. The number of phenols is 1. The molecule has 0 aliphatic carbocycles. The minimum Gasteiger partial charge on any atom is -0.508 e. The van der Waals surface area contributed by atoms with E-state index in [1.54, 1.807) is 32.4 Å². The lowest BCUT2D eigenvalue weighted by molar-refractivity contribution is -0.135. The summed E-state index contributed by atoms with van der Waals surface area (Å²) in [5.41, 5.74) is 0.740. The van der Waals surface area contributed by atoms with Crippen molar-refractivity contribution in [3.05, 3.63) is 23.8 Å². The molecule has 27 heavy (non-hydrogen) atoms.